The van der Waals surface area contributed by atoms with E-state index in [0.717, 1.165) is 0 Å². The fourth-order valence-corrected chi connectivity index (χ4v) is 5.17. The molecule has 1 atom stereocenters. The molecule has 2 aromatic carbocycles. The molecule has 0 fully saturated rings. The molecule has 0 N–H and O–H groups in total. The first kappa shape index (κ1) is 19.6. The molecule has 0 spiro atoms. The van der Waals surface area contributed by atoms with Crippen LogP contribution in [-0.4, -0.2) is 20.1 Å². The summed E-state index contributed by atoms with van der Waals surface area (Å²) in [5.74, 6) is 0. The minimum absolute atomic E-state index is 0.0225. The Balaban J connectivity index is 1.53. The van der Waals surface area contributed by atoms with Crippen LogP contribution in [-0.2, 0) is 10.8 Å². The van der Waals surface area contributed by atoms with Crippen molar-refractivity contribution in [3.05, 3.63) is 95.7 Å². The molecule has 2 heteroatoms. The molecule has 2 aromatic rings. The zero-order chi connectivity index (χ0) is 20.8. The van der Waals surface area contributed by atoms with Gasteiger partial charge in [-0.05, 0) is 29.3 Å². The van der Waals surface area contributed by atoms with Gasteiger partial charge in [-0.15, -0.1) is 0 Å². The van der Waals surface area contributed by atoms with Gasteiger partial charge in [-0.3, -0.25) is 0 Å². The van der Waals surface area contributed by atoms with Crippen molar-refractivity contribution >= 4 is 11.4 Å². The lowest BCUT2D eigenvalue weighted by Crippen LogP contribution is -2.37. The molecular formula is C27H32N2. The van der Waals surface area contributed by atoms with Gasteiger partial charge >= 0.3 is 0 Å². The molecule has 4 rings (SSSR count). The van der Waals surface area contributed by atoms with Gasteiger partial charge in [0.05, 0.1) is 6.04 Å². The number of rotatable bonds is 3. The highest BCUT2D eigenvalue weighted by Crippen LogP contribution is 2.47. The Hall–Kier alpha value is -2.74. The van der Waals surface area contributed by atoms with Crippen LogP contribution in [0.2, 0.25) is 0 Å². The Morgan fingerprint density at radius 2 is 1.38 bits per heavy atom. The predicted octanol–water partition coefficient (Wildman–Crippen LogP) is 6.21. The van der Waals surface area contributed by atoms with E-state index in [1.54, 1.807) is 0 Å². The van der Waals surface area contributed by atoms with Crippen molar-refractivity contribution in [2.45, 2.75) is 44.6 Å². The first-order chi connectivity index (χ1) is 13.8. The molecule has 2 heterocycles. The third kappa shape index (κ3) is 3.02. The zero-order valence-corrected chi connectivity index (χ0v) is 18.5. The lowest BCUT2D eigenvalue weighted by atomic mass is 9.80. The normalized spacial score (nSPS) is 23.4. The van der Waals surface area contributed by atoms with Gasteiger partial charge in [0.2, 0.25) is 0 Å². The van der Waals surface area contributed by atoms with Crippen LogP contribution in [0.5, 0.6) is 0 Å². The second kappa shape index (κ2) is 6.95. The summed E-state index contributed by atoms with van der Waals surface area (Å²) in [4.78, 5) is 4.70. The molecular weight excluding hydrogens is 352 g/mol. The van der Waals surface area contributed by atoms with Gasteiger partial charge in [0.1, 0.15) is 0 Å². The molecule has 2 nitrogen and oxygen atoms in total. The van der Waals surface area contributed by atoms with Crippen molar-refractivity contribution in [2.75, 3.05) is 23.9 Å². The maximum Gasteiger partial charge on any atom is 0.0565 e. The van der Waals surface area contributed by atoms with E-state index in [9.17, 15) is 0 Å². The van der Waals surface area contributed by atoms with Crippen LogP contribution in [0.15, 0.2) is 84.6 Å². The molecule has 0 saturated heterocycles. The molecule has 1 unspecified atom stereocenters. The molecule has 29 heavy (non-hydrogen) atoms. The fourth-order valence-electron chi connectivity index (χ4n) is 5.17. The molecule has 0 bridgehead atoms. The number of benzene rings is 2. The van der Waals surface area contributed by atoms with Gasteiger partial charge in [-0.2, -0.15) is 0 Å². The second-order valence-electron chi connectivity index (χ2n) is 9.32. The third-order valence-electron chi connectivity index (χ3n) is 6.85. The minimum atomic E-state index is 0.0225. The minimum Gasteiger partial charge on any atom is -0.367 e. The first-order valence-electron chi connectivity index (χ1n) is 10.5. The summed E-state index contributed by atoms with van der Waals surface area (Å²) in [5, 5.41) is 0. The van der Waals surface area contributed by atoms with Crippen molar-refractivity contribution in [2.24, 2.45) is 0 Å². The van der Waals surface area contributed by atoms with E-state index in [-0.39, 0.29) is 10.8 Å². The van der Waals surface area contributed by atoms with Gasteiger partial charge < -0.3 is 9.80 Å². The van der Waals surface area contributed by atoms with Crippen LogP contribution >= 0.6 is 0 Å². The Labute approximate surface area is 175 Å². The van der Waals surface area contributed by atoms with Gasteiger partial charge in [0.15, 0.2) is 0 Å². The van der Waals surface area contributed by atoms with Crippen LogP contribution in [0.4, 0.5) is 11.4 Å². The van der Waals surface area contributed by atoms with Gasteiger partial charge in [0.25, 0.3) is 0 Å². The van der Waals surface area contributed by atoms with Gasteiger partial charge in [-0.25, -0.2) is 0 Å². The van der Waals surface area contributed by atoms with E-state index in [1.807, 2.05) is 0 Å². The molecule has 0 saturated carbocycles. The summed E-state index contributed by atoms with van der Waals surface area (Å²) in [5.41, 5.74) is 6.91. The van der Waals surface area contributed by atoms with E-state index < -0.39 is 0 Å². The van der Waals surface area contributed by atoms with Crippen molar-refractivity contribution in [1.29, 1.82) is 0 Å². The standard InChI is InChI=1S/C27H32N2/c1-26(2)20-14-10-12-16-22(20)28(5)24(26)18-8-7-9-19-25-27(3,4)21-15-11-13-17-23(21)29(25)6/h7-19,24H,1-6H3/b9-7+,18-8+,25-19-. The number of nitrogens with zero attached hydrogens (tertiary/aromatic N) is 2. The number of fused-ring (bicyclic) bond motifs is 2. The van der Waals surface area contributed by atoms with Crippen molar-refractivity contribution < 1.29 is 0 Å². The fraction of sp³-hybridized carbons (Fsp3) is 0.333. The van der Waals surface area contributed by atoms with E-state index in [0.29, 0.717) is 6.04 Å². The van der Waals surface area contributed by atoms with Crippen molar-refractivity contribution in [3.8, 4) is 0 Å². The predicted molar refractivity (Wildman–Crippen MR) is 126 cm³/mol. The molecule has 0 amide bonds. The van der Waals surface area contributed by atoms with Gasteiger partial charge in [0, 0.05) is 42.0 Å². The maximum atomic E-state index is 2.39. The Morgan fingerprint density at radius 1 is 0.759 bits per heavy atom. The summed E-state index contributed by atoms with van der Waals surface area (Å²) in [6.07, 6.45) is 11.1. The van der Waals surface area contributed by atoms with Crippen LogP contribution in [0, 0.1) is 0 Å². The average Bonchev–Trinajstić information content (AvgIpc) is 3.02. The summed E-state index contributed by atoms with van der Waals surface area (Å²) in [6, 6.07) is 17.8. The SMILES string of the molecule is CN1\C(=C/C=C/C=C/C2N(C)c3ccccc3C2(C)C)C(C)(C)c2ccccc21. The van der Waals surface area contributed by atoms with Crippen molar-refractivity contribution in [3.63, 3.8) is 0 Å². The van der Waals surface area contributed by atoms with E-state index in [4.69, 9.17) is 0 Å². The first-order valence-corrected chi connectivity index (χ1v) is 10.5. The van der Waals surface area contributed by atoms with E-state index in [2.05, 4.69) is 131 Å². The van der Waals surface area contributed by atoms with E-state index in [1.165, 1.54) is 28.2 Å². The topological polar surface area (TPSA) is 6.48 Å². The van der Waals surface area contributed by atoms with Gasteiger partial charge in [-0.1, -0.05) is 88.4 Å². The quantitative estimate of drug-likeness (QED) is 0.581. The maximum absolute atomic E-state index is 2.39. The monoisotopic (exact) mass is 384 g/mol. The highest BCUT2D eigenvalue weighted by atomic mass is 15.2. The summed E-state index contributed by atoms with van der Waals surface area (Å²) < 4.78 is 0. The average molecular weight is 385 g/mol. The Bertz CT molecular complexity index is 1010. The molecule has 2 aliphatic heterocycles. The number of allylic oxidation sites excluding steroid dienone is 5. The number of hydrogen-bond donors (Lipinski definition) is 0. The molecule has 0 aromatic heterocycles. The Kier molecular flexibility index (Phi) is 4.69. The smallest absolute Gasteiger partial charge is 0.0565 e. The van der Waals surface area contributed by atoms with E-state index >= 15 is 0 Å². The number of likely N-dealkylation sites (N-methyl/N-ethyl adjacent to an activating group) is 2. The zero-order valence-electron chi connectivity index (χ0n) is 18.5. The van der Waals surface area contributed by atoms with Crippen LogP contribution in [0.25, 0.3) is 0 Å². The second-order valence-corrected chi connectivity index (χ2v) is 9.32. The van der Waals surface area contributed by atoms with Crippen LogP contribution < -0.4 is 9.80 Å². The van der Waals surface area contributed by atoms with Crippen molar-refractivity contribution in [1.82, 2.24) is 0 Å². The van der Waals surface area contributed by atoms with Crippen LogP contribution in [0.3, 0.4) is 0 Å². The number of hydrogen-bond acceptors (Lipinski definition) is 2. The lowest BCUT2D eigenvalue weighted by Gasteiger charge is -2.29. The summed E-state index contributed by atoms with van der Waals surface area (Å²) in [6.45, 7) is 9.28. The third-order valence-corrected chi connectivity index (χ3v) is 6.85. The molecule has 0 aliphatic carbocycles. The molecule has 2 aliphatic rings. The molecule has 150 valence electrons. The highest BCUT2D eigenvalue weighted by molar-refractivity contribution is 5.70. The Morgan fingerprint density at radius 3 is 2.03 bits per heavy atom. The number of para-hydroxylation sites is 2. The summed E-state index contributed by atoms with van der Waals surface area (Å²) >= 11 is 0. The van der Waals surface area contributed by atoms with Crippen LogP contribution in [0.1, 0.15) is 38.8 Å². The lowest BCUT2D eigenvalue weighted by molar-refractivity contribution is 0.488. The number of anilines is 2. The highest BCUT2D eigenvalue weighted by Gasteiger charge is 2.41. The molecule has 0 radical (unpaired) electrons. The summed E-state index contributed by atoms with van der Waals surface area (Å²) in [7, 11) is 4.36. The largest absolute Gasteiger partial charge is 0.367 e.